The molecule has 2 heterocycles. The van der Waals surface area contributed by atoms with Gasteiger partial charge in [-0.05, 0) is 37.3 Å². The van der Waals surface area contributed by atoms with Crippen LogP contribution in [0.3, 0.4) is 0 Å². The van der Waals surface area contributed by atoms with Crippen LogP contribution in [0.1, 0.15) is 42.4 Å². The second kappa shape index (κ2) is 8.06. The molecule has 2 N–H and O–H groups in total. The van der Waals surface area contributed by atoms with E-state index in [0.717, 1.165) is 29.2 Å². The molecule has 31 heavy (non-hydrogen) atoms. The van der Waals surface area contributed by atoms with Gasteiger partial charge in [0.25, 0.3) is 11.1 Å². The first-order chi connectivity index (χ1) is 14.8. The van der Waals surface area contributed by atoms with Crippen molar-refractivity contribution in [1.82, 2.24) is 19.7 Å². The lowest BCUT2D eigenvalue weighted by atomic mass is 10.0. The molecular weight excluding hydrogens is 445 g/mol. The molecule has 9 nitrogen and oxygen atoms in total. The fourth-order valence-corrected chi connectivity index (χ4v) is 4.29. The Kier molecular flexibility index (Phi) is 5.43. The van der Waals surface area contributed by atoms with Gasteiger partial charge in [-0.3, -0.25) is 19.1 Å². The number of halogens is 2. The summed E-state index contributed by atoms with van der Waals surface area (Å²) in [6, 6.07) is 4.53. The van der Waals surface area contributed by atoms with E-state index in [0.29, 0.717) is 12.0 Å². The summed E-state index contributed by atoms with van der Waals surface area (Å²) >= 11 is 12.7. The van der Waals surface area contributed by atoms with Crippen molar-refractivity contribution < 1.29 is 4.74 Å². The molecule has 0 fully saturated rings. The van der Waals surface area contributed by atoms with Crippen LogP contribution < -0.4 is 21.5 Å². The van der Waals surface area contributed by atoms with E-state index in [2.05, 4.69) is 15.2 Å². The molecule has 1 aliphatic rings. The molecule has 1 aromatic carbocycles. The Balaban J connectivity index is 1.77. The third kappa shape index (κ3) is 3.65. The lowest BCUT2D eigenvalue weighted by Crippen LogP contribution is -2.30. The molecule has 0 bridgehead atoms. The maximum Gasteiger partial charge on any atom is 0.332 e. The summed E-state index contributed by atoms with van der Waals surface area (Å²) in [5.41, 5.74) is -0.399. The Morgan fingerprint density at radius 3 is 2.61 bits per heavy atom. The number of benzene rings is 1. The van der Waals surface area contributed by atoms with Crippen molar-refractivity contribution >= 4 is 23.2 Å². The van der Waals surface area contributed by atoms with Crippen molar-refractivity contribution in [2.24, 2.45) is 0 Å². The number of rotatable bonds is 4. The number of nitrogens with zero attached hydrogens (tertiary/aromatic N) is 3. The van der Waals surface area contributed by atoms with Crippen molar-refractivity contribution in [1.29, 1.82) is 5.26 Å². The fraction of sp³-hybridized carbons (Fsp3) is 0.250. The van der Waals surface area contributed by atoms with Crippen molar-refractivity contribution in [2.45, 2.75) is 32.1 Å². The van der Waals surface area contributed by atoms with Gasteiger partial charge in [0.2, 0.25) is 5.88 Å². The summed E-state index contributed by atoms with van der Waals surface area (Å²) in [7, 11) is 0. The van der Waals surface area contributed by atoms with E-state index >= 15 is 0 Å². The van der Waals surface area contributed by atoms with Gasteiger partial charge in [-0.15, -0.1) is 5.10 Å². The highest BCUT2D eigenvalue weighted by Crippen LogP contribution is 2.42. The fourth-order valence-electron chi connectivity index (χ4n) is 3.73. The topological polar surface area (TPSA) is 134 Å². The molecule has 2 aromatic heterocycles. The molecular formula is C20H15Cl2N5O4. The summed E-state index contributed by atoms with van der Waals surface area (Å²) in [5, 5.41) is 15.7. The number of ether oxygens (including phenoxy) is 1. The van der Waals surface area contributed by atoms with Gasteiger partial charge in [0.15, 0.2) is 5.75 Å². The maximum absolute atomic E-state index is 12.2. The van der Waals surface area contributed by atoms with E-state index < -0.39 is 11.2 Å². The van der Waals surface area contributed by atoms with Crippen molar-refractivity contribution in [3.8, 4) is 23.4 Å². The molecule has 1 unspecified atom stereocenters. The largest absolute Gasteiger partial charge is 0.434 e. The van der Waals surface area contributed by atoms with Gasteiger partial charge < -0.3 is 4.74 Å². The SMILES string of the molecule is CCC1CCc2c(Oc3c(Cl)cc(-n4cc(C#N)c(=O)[nH]c4=O)cc3Cl)n[nH]c(=O)c21. The zero-order chi connectivity index (χ0) is 22.3. The van der Waals surface area contributed by atoms with Crippen LogP contribution in [-0.2, 0) is 6.42 Å². The number of aromatic amines is 2. The molecule has 0 saturated carbocycles. The number of nitriles is 1. The van der Waals surface area contributed by atoms with Crippen LogP contribution in [-0.4, -0.2) is 19.7 Å². The maximum atomic E-state index is 12.2. The highest BCUT2D eigenvalue weighted by Gasteiger charge is 2.29. The minimum absolute atomic E-state index is 0.0749. The zero-order valence-corrected chi connectivity index (χ0v) is 17.7. The summed E-state index contributed by atoms with van der Waals surface area (Å²) in [6.07, 6.45) is 3.41. The van der Waals surface area contributed by atoms with E-state index in [9.17, 15) is 14.4 Å². The van der Waals surface area contributed by atoms with Crippen LogP contribution in [0.25, 0.3) is 5.69 Å². The van der Waals surface area contributed by atoms with Gasteiger partial charge in [0.1, 0.15) is 11.6 Å². The number of fused-ring (bicyclic) bond motifs is 1. The summed E-state index contributed by atoms with van der Waals surface area (Å²) in [6.45, 7) is 2.02. The molecule has 0 saturated heterocycles. The average molecular weight is 460 g/mol. The summed E-state index contributed by atoms with van der Waals surface area (Å²) in [5.74, 6) is 0.459. The summed E-state index contributed by atoms with van der Waals surface area (Å²) < 4.78 is 6.92. The van der Waals surface area contributed by atoms with Crippen LogP contribution in [0.2, 0.25) is 10.0 Å². The molecule has 0 spiro atoms. The number of aromatic nitrogens is 4. The standard InChI is InChI=1S/C20H15Cl2N5O4/c1-2-9-3-4-12-15(9)18(29)25-26-19(12)31-16-13(21)5-11(6-14(16)22)27-8-10(7-23)17(28)24-20(27)30/h5-6,8-9H,2-4H2,1H3,(H,25,29)(H,24,28,30). The number of H-pyrrole nitrogens is 2. The molecule has 0 radical (unpaired) electrons. The molecule has 4 rings (SSSR count). The predicted octanol–water partition coefficient (Wildman–Crippen LogP) is 3.02. The van der Waals surface area contributed by atoms with E-state index in [1.54, 1.807) is 6.07 Å². The monoisotopic (exact) mass is 459 g/mol. The molecule has 158 valence electrons. The van der Waals surface area contributed by atoms with E-state index in [1.165, 1.54) is 12.1 Å². The van der Waals surface area contributed by atoms with Crippen LogP contribution in [0.15, 0.2) is 32.7 Å². The first kappa shape index (κ1) is 20.9. The highest BCUT2D eigenvalue weighted by molar-refractivity contribution is 6.37. The van der Waals surface area contributed by atoms with E-state index in [1.807, 2.05) is 6.92 Å². The zero-order valence-electron chi connectivity index (χ0n) is 16.2. The number of hydrogen-bond donors (Lipinski definition) is 2. The minimum atomic E-state index is -0.788. The molecule has 1 aliphatic carbocycles. The number of nitrogens with one attached hydrogen (secondary N) is 2. The molecule has 11 heteroatoms. The van der Waals surface area contributed by atoms with Crippen molar-refractivity contribution in [3.05, 3.63) is 76.3 Å². The Labute approximate surface area is 184 Å². The lowest BCUT2D eigenvalue weighted by Gasteiger charge is -2.14. The Morgan fingerprint density at radius 2 is 1.97 bits per heavy atom. The number of hydrogen-bond acceptors (Lipinski definition) is 6. The Hall–Kier alpha value is -3.35. The van der Waals surface area contributed by atoms with Gasteiger partial charge in [-0.2, -0.15) is 5.26 Å². The van der Waals surface area contributed by atoms with Gasteiger partial charge in [0.05, 0.1) is 15.7 Å². The van der Waals surface area contributed by atoms with Crippen LogP contribution in [0, 0.1) is 11.3 Å². The second-order valence-corrected chi connectivity index (χ2v) is 7.83. The minimum Gasteiger partial charge on any atom is -0.434 e. The summed E-state index contributed by atoms with van der Waals surface area (Å²) in [4.78, 5) is 38.1. The average Bonchev–Trinajstić information content (AvgIpc) is 3.17. The first-order valence-corrected chi connectivity index (χ1v) is 10.1. The van der Waals surface area contributed by atoms with E-state index in [4.69, 9.17) is 33.2 Å². The molecule has 0 aliphatic heterocycles. The van der Waals surface area contributed by atoms with Gasteiger partial charge in [-0.25, -0.2) is 9.89 Å². The molecule has 0 amide bonds. The van der Waals surface area contributed by atoms with Crippen LogP contribution in [0.5, 0.6) is 11.6 Å². The second-order valence-electron chi connectivity index (χ2n) is 7.02. The van der Waals surface area contributed by atoms with Gasteiger partial charge in [-0.1, -0.05) is 30.1 Å². The Bertz CT molecular complexity index is 1390. The smallest absolute Gasteiger partial charge is 0.332 e. The van der Waals surface area contributed by atoms with Crippen LogP contribution in [0.4, 0.5) is 0 Å². The highest BCUT2D eigenvalue weighted by atomic mass is 35.5. The third-order valence-electron chi connectivity index (χ3n) is 5.25. The van der Waals surface area contributed by atoms with Crippen molar-refractivity contribution in [2.75, 3.05) is 0 Å². The van der Waals surface area contributed by atoms with Crippen LogP contribution >= 0.6 is 23.2 Å². The Morgan fingerprint density at radius 1 is 1.26 bits per heavy atom. The predicted molar refractivity (Wildman–Crippen MR) is 114 cm³/mol. The van der Waals surface area contributed by atoms with E-state index in [-0.39, 0.29) is 44.4 Å². The molecule has 1 atom stereocenters. The quantitative estimate of drug-likeness (QED) is 0.615. The lowest BCUT2D eigenvalue weighted by molar-refractivity contribution is 0.448. The van der Waals surface area contributed by atoms with Gasteiger partial charge >= 0.3 is 5.69 Å². The molecule has 3 aromatic rings. The third-order valence-corrected chi connectivity index (χ3v) is 5.81. The van der Waals surface area contributed by atoms with Crippen molar-refractivity contribution in [3.63, 3.8) is 0 Å². The van der Waals surface area contributed by atoms with Gasteiger partial charge in [0, 0.05) is 17.3 Å². The normalized spacial score (nSPS) is 14.8. The first-order valence-electron chi connectivity index (χ1n) is 9.38.